The predicted molar refractivity (Wildman–Crippen MR) is 115 cm³/mol. The van der Waals surface area contributed by atoms with Crippen molar-refractivity contribution in [3.8, 4) is 0 Å². The first-order valence-corrected chi connectivity index (χ1v) is 10.9. The molecule has 1 saturated heterocycles. The van der Waals surface area contributed by atoms with Gasteiger partial charge >= 0.3 is 0 Å². The average Bonchev–Trinajstić information content (AvgIpc) is 3.30. The molecule has 1 fully saturated rings. The Bertz CT molecular complexity index is 1160. The van der Waals surface area contributed by atoms with E-state index in [1.54, 1.807) is 12.1 Å². The summed E-state index contributed by atoms with van der Waals surface area (Å²) in [6, 6.07) is 10.8. The Morgan fingerprint density at radius 1 is 0.938 bits per heavy atom. The quantitative estimate of drug-likeness (QED) is 0.613. The lowest BCUT2D eigenvalue weighted by Gasteiger charge is -2.27. The first-order valence-electron chi connectivity index (χ1n) is 10.9. The molecule has 2 heterocycles. The van der Waals surface area contributed by atoms with Crippen molar-refractivity contribution in [1.29, 1.82) is 0 Å². The summed E-state index contributed by atoms with van der Waals surface area (Å²) < 4.78 is 0. The van der Waals surface area contributed by atoms with Gasteiger partial charge in [-0.25, -0.2) is 0 Å². The summed E-state index contributed by atoms with van der Waals surface area (Å²) in [4.78, 5) is 50.4. The van der Waals surface area contributed by atoms with Crippen LogP contribution in [0, 0.1) is 0 Å². The molecule has 32 heavy (non-hydrogen) atoms. The smallest absolute Gasteiger partial charge is 0.262 e. The molecule has 2 aromatic rings. The Hall–Kier alpha value is -3.36. The van der Waals surface area contributed by atoms with E-state index in [9.17, 15) is 19.2 Å². The van der Waals surface area contributed by atoms with Crippen molar-refractivity contribution in [2.45, 2.75) is 50.9 Å². The van der Waals surface area contributed by atoms with Crippen LogP contribution in [0.25, 0.3) is 0 Å². The number of nitrogens with zero attached hydrogens (tertiary/aromatic N) is 1. The highest BCUT2D eigenvalue weighted by atomic mass is 16.2. The van der Waals surface area contributed by atoms with E-state index in [2.05, 4.69) is 28.8 Å². The van der Waals surface area contributed by atoms with E-state index in [0.29, 0.717) is 24.2 Å². The maximum absolute atomic E-state index is 13.0. The summed E-state index contributed by atoms with van der Waals surface area (Å²) in [5.41, 5.74) is 11.0. The van der Waals surface area contributed by atoms with Crippen LogP contribution in [0.4, 0.5) is 0 Å². The molecule has 4 amide bonds. The number of amides is 4. The van der Waals surface area contributed by atoms with Gasteiger partial charge in [0.1, 0.15) is 6.04 Å². The molecule has 2 aliphatic heterocycles. The SMILES string of the molecule is NCc1ccc2c(c1)CCC2NCc1ccc2c(c1)C(=O)N(C1CCC(=O)NC1=O)C2=O. The molecular weight excluding hydrogens is 408 g/mol. The Morgan fingerprint density at radius 3 is 2.50 bits per heavy atom. The lowest BCUT2D eigenvalue weighted by Crippen LogP contribution is -2.54. The predicted octanol–water partition coefficient (Wildman–Crippen LogP) is 1.32. The highest BCUT2D eigenvalue weighted by Gasteiger charge is 2.44. The van der Waals surface area contributed by atoms with E-state index in [1.807, 2.05) is 6.07 Å². The van der Waals surface area contributed by atoms with Gasteiger partial charge in [0, 0.05) is 25.6 Å². The van der Waals surface area contributed by atoms with Gasteiger partial charge in [0.25, 0.3) is 11.8 Å². The zero-order valence-corrected chi connectivity index (χ0v) is 17.5. The fourth-order valence-electron chi connectivity index (χ4n) is 4.88. The monoisotopic (exact) mass is 432 g/mol. The van der Waals surface area contributed by atoms with Crippen LogP contribution in [0.15, 0.2) is 36.4 Å². The van der Waals surface area contributed by atoms with Crippen molar-refractivity contribution in [2.75, 3.05) is 0 Å². The fraction of sp³-hybridized carbons (Fsp3) is 0.333. The molecule has 5 rings (SSSR count). The molecule has 3 aliphatic rings. The number of benzene rings is 2. The van der Waals surface area contributed by atoms with Gasteiger partial charge in [0.05, 0.1) is 11.1 Å². The van der Waals surface area contributed by atoms with E-state index >= 15 is 0 Å². The zero-order valence-electron chi connectivity index (χ0n) is 17.5. The number of carbonyl (C=O) groups excluding carboxylic acids is 4. The molecule has 1 aliphatic carbocycles. The van der Waals surface area contributed by atoms with Gasteiger partial charge in [-0.15, -0.1) is 0 Å². The maximum Gasteiger partial charge on any atom is 0.262 e. The van der Waals surface area contributed by atoms with Crippen LogP contribution in [0.3, 0.4) is 0 Å². The van der Waals surface area contributed by atoms with E-state index in [0.717, 1.165) is 28.9 Å². The normalized spacial score (nSPS) is 22.2. The standard InChI is InChI=1S/C24H24N4O4/c25-11-13-1-4-16-15(9-13)3-6-19(16)26-12-14-2-5-17-18(10-14)24(32)28(23(17)31)20-7-8-21(29)27-22(20)30/h1-2,4-5,9-10,19-20,26H,3,6-8,11-12,25H2,(H,27,29,30). The number of imide groups is 2. The summed E-state index contributed by atoms with van der Waals surface area (Å²) >= 11 is 0. The van der Waals surface area contributed by atoms with Crippen LogP contribution in [-0.4, -0.2) is 34.6 Å². The second-order valence-corrected chi connectivity index (χ2v) is 8.54. The average molecular weight is 432 g/mol. The minimum Gasteiger partial charge on any atom is -0.326 e. The van der Waals surface area contributed by atoms with Crippen LogP contribution in [0.5, 0.6) is 0 Å². The maximum atomic E-state index is 13.0. The van der Waals surface area contributed by atoms with Crippen molar-refractivity contribution in [3.05, 3.63) is 69.8 Å². The second kappa shape index (κ2) is 7.96. The van der Waals surface area contributed by atoms with Crippen molar-refractivity contribution < 1.29 is 19.2 Å². The van der Waals surface area contributed by atoms with Crippen molar-refractivity contribution >= 4 is 23.6 Å². The van der Waals surface area contributed by atoms with Gasteiger partial charge in [-0.3, -0.25) is 29.4 Å². The van der Waals surface area contributed by atoms with Gasteiger partial charge < -0.3 is 11.1 Å². The number of rotatable bonds is 5. The first kappa shape index (κ1) is 20.5. The van der Waals surface area contributed by atoms with E-state index in [1.165, 1.54) is 11.1 Å². The second-order valence-electron chi connectivity index (χ2n) is 8.54. The van der Waals surface area contributed by atoms with Gasteiger partial charge in [-0.05, 0) is 53.6 Å². The third-order valence-corrected chi connectivity index (χ3v) is 6.58. The van der Waals surface area contributed by atoms with E-state index < -0.39 is 23.8 Å². The first-order chi connectivity index (χ1) is 15.5. The molecule has 0 spiro atoms. The molecular formula is C24H24N4O4. The zero-order chi connectivity index (χ0) is 22.4. The topological polar surface area (TPSA) is 122 Å². The highest BCUT2D eigenvalue weighted by Crippen LogP contribution is 2.33. The summed E-state index contributed by atoms with van der Waals surface area (Å²) in [7, 11) is 0. The Balaban J connectivity index is 1.31. The molecule has 0 saturated carbocycles. The molecule has 2 unspecified atom stereocenters. The number of fused-ring (bicyclic) bond motifs is 2. The van der Waals surface area contributed by atoms with Crippen LogP contribution < -0.4 is 16.4 Å². The Kier molecular flexibility index (Phi) is 5.11. The van der Waals surface area contributed by atoms with Crippen molar-refractivity contribution in [1.82, 2.24) is 15.5 Å². The third-order valence-electron chi connectivity index (χ3n) is 6.58. The molecule has 8 heteroatoms. The molecule has 2 aromatic carbocycles. The number of nitrogens with two attached hydrogens (primary N) is 1. The molecule has 8 nitrogen and oxygen atoms in total. The number of nitrogens with one attached hydrogen (secondary N) is 2. The molecule has 2 atom stereocenters. The number of aryl methyl sites for hydroxylation is 1. The van der Waals surface area contributed by atoms with E-state index in [4.69, 9.17) is 5.73 Å². The fourth-order valence-corrected chi connectivity index (χ4v) is 4.88. The molecule has 0 aromatic heterocycles. The molecule has 164 valence electrons. The van der Waals surface area contributed by atoms with Gasteiger partial charge in [0.2, 0.25) is 11.8 Å². The third kappa shape index (κ3) is 3.41. The lowest BCUT2D eigenvalue weighted by molar-refractivity contribution is -0.136. The molecule has 4 N–H and O–H groups in total. The lowest BCUT2D eigenvalue weighted by atomic mass is 10.0. The van der Waals surface area contributed by atoms with Crippen LogP contribution in [-0.2, 0) is 29.1 Å². The van der Waals surface area contributed by atoms with Crippen LogP contribution in [0.1, 0.15) is 68.3 Å². The summed E-state index contributed by atoms with van der Waals surface area (Å²) in [5, 5.41) is 5.76. The van der Waals surface area contributed by atoms with Crippen LogP contribution >= 0.6 is 0 Å². The Labute approximate surface area is 185 Å². The minimum absolute atomic E-state index is 0.106. The highest BCUT2D eigenvalue weighted by molar-refractivity contribution is 6.23. The Morgan fingerprint density at radius 2 is 1.72 bits per heavy atom. The summed E-state index contributed by atoms with van der Waals surface area (Å²) in [6.45, 7) is 1.08. The number of carbonyl (C=O) groups is 4. The molecule has 0 radical (unpaired) electrons. The summed E-state index contributed by atoms with van der Waals surface area (Å²) in [5.74, 6) is -1.96. The van der Waals surface area contributed by atoms with Crippen molar-refractivity contribution in [2.24, 2.45) is 5.73 Å². The van der Waals surface area contributed by atoms with Crippen molar-refractivity contribution in [3.63, 3.8) is 0 Å². The van der Waals surface area contributed by atoms with Crippen LogP contribution in [0.2, 0.25) is 0 Å². The number of hydrogen-bond acceptors (Lipinski definition) is 6. The molecule has 0 bridgehead atoms. The number of hydrogen-bond donors (Lipinski definition) is 3. The number of piperidine rings is 1. The summed E-state index contributed by atoms with van der Waals surface area (Å²) in [6.07, 6.45) is 2.25. The minimum atomic E-state index is -0.949. The van der Waals surface area contributed by atoms with Gasteiger partial charge in [-0.1, -0.05) is 24.3 Å². The van der Waals surface area contributed by atoms with E-state index in [-0.39, 0.29) is 24.8 Å². The van der Waals surface area contributed by atoms with Gasteiger partial charge in [0.15, 0.2) is 0 Å². The largest absolute Gasteiger partial charge is 0.326 e. The van der Waals surface area contributed by atoms with Gasteiger partial charge in [-0.2, -0.15) is 0 Å².